The number of carbonyl (C=O) groups is 1. The Kier molecular flexibility index (Phi) is 2.67. The van der Waals surface area contributed by atoms with Crippen molar-refractivity contribution >= 4 is 23.1 Å². The lowest BCUT2D eigenvalue weighted by Gasteiger charge is -2.23. The van der Waals surface area contributed by atoms with Gasteiger partial charge in [0.05, 0.1) is 23.1 Å². The smallest absolute Gasteiger partial charge is 0.261 e. The molecule has 0 spiro atoms. The maximum Gasteiger partial charge on any atom is 0.261 e. The van der Waals surface area contributed by atoms with Crippen LogP contribution in [0.5, 0.6) is 0 Å². The number of fused-ring (bicyclic) bond motifs is 2. The summed E-state index contributed by atoms with van der Waals surface area (Å²) >= 11 is 0. The maximum absolute atomic E-state index is 12.5. The molecule has 2 heterocycles. The third kappa shape index (κ3) is 1.66. The van der Waals surface area contributed by atoms with E-state index in [1.807, 2.05) is 36.1 Å². The molecule has 96 valence electrons. The van der Waals surface area contributed by atoms with Crippen molar-refractivity contribution in [3.05, 3.63) is 42.1 Å². The Balaban J connectivity index is 2.31. The fraction of sp³-hybridized carbons (Fsp3) is 0.214. The van der Waals surface area contributed by atoms with Gasteiger partial charge in [-0.25, -0.2) is 0 Å². The second-order valence-corrected chi connectivity index (χ2v) is 4.37. The van der Waals surface area contributed by atoms with Gasteiger partial charge in [-0.05, 0) is 25.1 Å². The molecule has 1 aliphatic heterocycles. The first-order valence-corrected chi connectivity index (χ1v) is 6.20. The second-order valence-electron chi connectivity index (χ2n) is 4.37. The Bertz CT molecular complexity index is 641. The molecule has 0 fully saturated rings. The lowest BCUT2D eigenvalue weighted by atomic mass is 10.2. The van der Waals surface area contributed by atoms with Crippen LogP contribution in [0.1, 0.15) is 17.3 Å². The van der Waals surface area contributed by atoms with Crippen LogP contribution in [0.3, 0.4) is 0 Å². The number of hydrogen-bond donors (Lipinski definition) is 0. The highest BCUT2D eigenvalue weighted by atomic mass is 16.2. The number of hydrogen-bond acceptors (Lipinski definition) is 4. The van der Waals surface area contributed by atoms with Crippen LogP contribution in [-0.2, 0) is 0 Å². The SMILES string of the molecule is CCN1c2ccccc2N(C)C(=O)c2ccnnc21. The van der Waals surface area contributed by atoms with Gasteiger partial charge in [-0.2, -0.15) is 5.10 Å². The van der Waals surface area contributed by atoms with Gasteiger partial charge in [0.15, 0.2) is 5.82 Å². The predicted octanol–water partition coefficient (Wildman–Crippen LogP) is 2.22. The van der Waals surface area contributed by atoms with E-state index < -0.39 is 0 Å². The molecule has 0 radical (unpaired) electrons. The average Bonchev–Trinajstić information content (AvgIpc) is 2.55. The first-order valence-electron chi connectivity index (χ1n) is 6.20. The fourth-order valence-electron chi connectivity index (χ4n) is 2.39. The maximum atomic E-state index is 12.5. The van der Waals surface area contributed by atoms with Crippen molar-refractivity contribution in [1.29, 1.82) is 0 Å². The number of nitrogens with zero attached hydrogens (tertiary/aromatic N) is 4. The summed E-state index contributed by atoms with van der Waals surface area (Å²) in [5, 5.41) is 8.05. The zero-order valence-corrected chi connectivity index (χ0v) is 10.9. The van der Waals surface area contributed by atoms with E-state index in [4.69, 9.17) is 0 Å². The Hall–Kier alpha value is -2.43. The second kappa shape index (κ2) is 4.35. The average molecular weight is 254 g/mol. The summed E-state index contributed by atoms with van der Waals surface area (Å²) in [4.78, 5) is 16.2. The number of rotatable bonds is 1. The van der Waals surface area contributed by atoms with Crippen molar-refractivity contribution in [3.8, 4) is 0 Å². The van der Waals surface area contributed by atoms with Gasteiger partial charge in [0, 0.05) is 13.6 Å². The monoisotopic (exact) mass is 254 g/mol. The lowest BCUT2D eigenvalue weighted by molar-refractivity contribution is 0.0994. The Labute approximate surface area is 111 Å². The van der Waals surface area contributed by atoms with Crippen LogP contribution in [0.15, 0.2) is 36.5 Å². The topological polar surface area (TPSA) is 49.3 Å². The number of para-hydroxylation sites is 2. The molecule has 0 atom stereocenters. The molecule has 0 saturated carbocycles. The molecule has 1 aromatic heterocycles. The largest absolute Gasteiger partial charge is 0.323 e. The molecular weight excluding hydrogens is 240 g/mol. The van der Waals surface area contributed by atoms with Gasteiger partial charge in [0.25, 0.3) is 5.91 Å². The lowest BCUT2D eigenvalue weighted by Crippen LogP contribution is -2.25. The highest BCUT2D eigenvalue weighted by molar-refractivity contribution is 6.12. The summed E-state index contributed by atoms with van der Waals surface area (Å²) in [5.74, 6) is 0.556. The molecule has 5 heteroatoms. The van der Waals surface area contributed by atoms with Gasteiger partial charge >= 0.3 is 0 Å². The van der Waals surface area contributed by atoms with Crippen molar-refractivity contribution in [2.45, 2.75) is 6.92 Å². The number of anilines is 3. The van der Waals surface area contributed by atoms with Crippen LogP contribution in [0.2, 0.25) is 0 Å². The van der Waals surface area contributed by atoms with Crippen LogP contribution in [0.4, 0.5) is 17.2 Å². The normalized spacial score (nSPS) is 13.9. The molecule has 19 heavy (non-hydrogen) atoms. The zero-order chi connectivity index (χ0) is 13.4. The third-order valence-electron chi connectivity index (χ3n) is 3.34. The zero-order valence-electron chi connectivity index (χ0n) is 10.9. The van der Waals surface area contributed by atoms with Crippen molar-refractivity contribution in [3.63, 3.8) is 0 Å². The van der Waals surface area contributed by atoms with Gasteiger partial charge < -0.3 is 9.80 Å². The van der Waals surface area contributed by atoms with E-state index in [0.717, 1.165) is 17.9 Å². The minimum absolute atomic E-state index is 0.0618. The number of carbonyl (C=O) groups excluding carboxylic acids is 1. The summed E-state index contributed by atoms with van der Waals surface area (Å²) in [6, 6.07) is 9.54. The Morgan fingerprint density at radius 3 is 2.63 bits per heavy atom. The third-order valence-corrected chi connectivity index (χ3v) is 3.34. The minimum Gasteiger partial charge on any atom is -0.323 e. The molecule has 0 aliphatic carbocycles. The van der Waals surface area contributed by atoms with E-state index in [2.05, 4.69) is 10.2 Å². The molecule has 1 aromatic carbocycles. The molecule has 0 N–H and O–H groups in total. The highest BCUT2D eigenvalue weighted by Crippen LogP contribution is 2.38. The van der Waals surface area contributed by atoms with Gasteiger partial charge in [0.1, 0.15) is 0 Å². The highest BCUT2D eigenvalue weighted by Gasteiger charge is 2.29. The minimum atomic E-state index is -0.0618. The quantitative estimate of drug-likeness (QED) is 0.783. The molecule has 1 aliphatic rings. The van der Waals surface area contributed by atoms with E-state index >= 15 is 0 Å². The van der Waals surface area contributed by atoms with Gasteiger partial charge in [-0.3, -0.25) is 4.79 Å². The van der Waals surface area contributed by atoms with E-state index in [1.54, 1.807) is 24.2 Å². The van der Waals surface area contributed by atoms with E-state index in [9.17, 15) is 4.79 Å². The van der Waals surface area contributed by atoms with Gasteiger partial charge in [-0.1, -0.05) is 12.1 Å². The van der Waals surface area contributed by atoms with Crippen molar-refractivity contribution < 1.29 is 4.79 Å². The molecule has 5 nitrogen and oxygen atoms in total. The van der Waals surface area contributed by atoms with Crippen LogP contribution < -0.4 is 9.80 Å². The molecule has 1 amide bonds. The van der Waals surface area contributed by atoms with E-state index in [-0.39, 0.29) is 5.91 Å². The van der Waals surface area contributed by atoms with Crippen molar-refractivity contribution in [2.75, 3.05) is 23.4 Å². The Morgan fingerprint density at radius 2 is 1.89 bits per heavy atom. The van der Waals surface area contributed by atoms with Crippen LogP contribution >= 0.6 is 0 Å². The molecule has 0 saturated heterocycles. The van der Waals surface area contributed by atoms with Crippen LogP contribution in [-0.4, -0.2) is 29.7 Å². The number of amides is 1. The summed E-state index contributed by atoms with van der Waals surface area (Å²) in [6.07, 6.45) is 1.55. The first kappa shape index (κ1) is 11.6. The molecule has 0 bridgehead atoms. The van der Waals surface area contributed by atoms with Gasteiger partial charge in [-0.15, -0.1) is 5.10 Å². The molecule has 0 unspecified atom stereocenters. The summed E-state index contributed by atoms with van der Waals surface area (Å²) in [6.45, 7) is 2.76. The molecule has 2 aromatic rings. The number of benzene rings is 1. The van der Waals surface area contributed by atoms with Gasteiger partial charge in [0.2, 0.25) is 0 Å². The summed E-state index contributed by atoms with van der Waals surface area (Å²) < 4.78 is 0. The van der Waals surface area contributed by atoms with E-state index in [0.29, 0.717) is 11.4 Å². The van der Waals surface area contributed by atoms with Crippen molar-refractivity contribution in [2.24, 2.45) is 0 Å². The summed E-state index contributed by atoms with van der Waals surface area (Å²) in [5.41, 5.74) is 2.43. The molecular formula is C14H14N4O. The van der Waals surface area contributed by atoms with Crippen LogP contribution in [0, 0.1) is 0 Å². The predicted molar refractivity (Wildman–Crippen MR) is 73.9 cm³/mol. The Morgan fingerprint density at radius 1 is 1.16 bits per heavy atom. The standard InChI is InChI=1S/C14H14N4O/c1-3-18-12-7-5-4-6-11(12)17(2)14(19)10-8-9-15-16-13(10)18/h4-9H,3H2,1-2H3. The van der Waals surface area contributed by atoms with Crippen molar-refractivity contribution in [1.82, 2.24) is 10.2 Å². The van der Waals surface area contributed by atoms with E-state index in [1.165, 1.54) is 0 Å². The number of aromatic nitrogens is 2. The fourth-order valence-corrected chi connectivity index (χ4v) is 2.39. The molecule has 3 rings (SSSR count). The van der Waals surface area contributed by atoms with Crippen LogP contribution in [0.25, 0.3) is 0 Å². The summed E-state index contributed by atoms with van der Waals surface area (Å²) in [7, 11) is 1.78. The first-order chi connectivity index (χ1) is 9.24.